The van der Waals surface area contributed by atoms with Crippen LogP contribution in [0.25, 0.3) is 10.9 Å². The van der Waals surface area contributed by atoms with Crippen molar-refractivity contribution in [1.29, 1.82) is 0 Å². The summed E-state index contributed by atoms with van der Waals surface area (Å²) in [6, 6.07) is 17.8. The number of hydrogen-bond donors (Lipinski definition) is 0. The molecule has 21 heavy (non-hydrogen) atoms. The maximum atomic E-state index is 5.92. The van der Waals surface area contributed by atoms with Gasteiger partial charge in [-0.2, -0.15) is 0 Å². The van der Waals surface area contributed by atoms with Gasteiger partial charge in [0.15, 0.2) is 11.5 Å². The number of fused-ring (bicyclic) bond motifs is 1. The van der Waals surface area contributed by atoms with Gasteiger partial charge in [-0.25, -0.2) is 0 Å². The highest BCUT2D eigenvalue weighted by molar-refractivity contribution is 5.81. The minimum Gasteiger partial charge on any atom is -0.490 e. The molecule has 0 saturated heterocycles. The van der Waals surface area contributed by atoms with Gasteiger partial charge in [0, 0.05) is 17.1 Å². The first-order chi connectivity index (χ1) is 10.4. The Morgan fingerprint density at radius 3 is 2.43 bits per heavy atom. The van der Waals surface area contributed by atoms with Crippen LogP contribution >= 0.6 is 0 Å². The zero-order chi connectivity index (χ0) is 14.5. The number of rotatable bonds is 5. The molecule has 0 radical (unpaired) electrons. The lowest BCUT2D eigenvalue weighted by Crippen LogP contribution is -2.00. The van der Waals surface area contributed by atoms with Gasteiger partial charge in [-0.3, -0.25) is 4.98 Å². The van der Waals surface area contributed by atoms with Gasteiger partial charge < -0.3 is 9.47 Å². The molecule has 0 spiro atoms. The third kappa shape index (κ3) is 2.97. The first kappa shape index (κ1) is 13.4. The summed E-state index contributed by atoms with van der Waals surface area (Å²) in [7, 11) is 0. The summed E-state index contributed by atoms with van der Waals surface area (Å²) in [6.07, 6.45) is 1.81. The summed E-state index contributed by atoms with van der Waals surface area (Å²) in [5.74, 6) is 1.53. The van der Waals surface area contributed by atoms with Crippen LogP contribution in [0, 0.1) is 0 Å². The zero-order valence-corrected chi connectivity index (χ0v) is 12.0. The smallest absolute Gasteiger partial charge is 0.161 e. The molecule has 3 aromatic rings. The quantitative estimate of drug-likeness (QED) is 0.701. The molecular formula is C18H17NO2. The minimum absolute atomic E-state index is 0.471. The van der Waals surface area contributed by atoms with Gasteiger partial charge in [0.05, 0.1) is 12.1 Å². The lowest BCUT2D eigenvalue weighted by Gasteiger charge is -2.12. The standard InChI is InChI=1S/C18H17NO2/c1-2-20-16-10-3-4-11-17(16)21-13-15-8-5-7-14-9-6-12-19-18(14)15/h3-12H,2,13H2,1H3. The van der Waals surface area contributed by atoms with Gasteiger partial charge in [-0.1, -0.05) is 36.4 Å². The molecule has 0 aliphatic heterocycles. The fraction of sp³-hybridized carbons (Fsp3) is 0.167. The highest BCUT2D eigenvalue weighted by Gasteiger charge is 2.06. The Kier molecular flexibility index (Phi) is 4.01. The van der Waals surface area contributed by atoms with Crippen LogP contribution in [0.1, 0.15) is 12.5 Å². The maximum Gasteiger partial charge on any atom is 0.161 e. The van der Waals surface area contributed by atoms with E-state index < -0.39 is 0 Å². The van der Waals surface area contributed by atoms with Crippen LogP contribution in [0.4, 0.5) is 0 Å². The van der Waals surface area contributed by atoms with Gasteiger partial charge in [-0.05, 0) is 25.1 Å². The van der Waals surface area contributed by atoms with Crippen LogP contribution in [-0.2, 0) is 6.61 Å². The van der Waals surface area contributed by atoms with Crippen molar-refractivity contribution in [1.82, 2.24) is 4.98 Å². The molecule has 0 bridgehead atoms. The molecule has 3 heteroatoms. The fourth-order valence-corrected chi connectivity index (χ4v) is 2.28. The molecule has 3 rings (SSSR count). The summed E-state index contributed by atoms with van der Waals surface area (Å²) in [6.45, 7) is 3.06. The second kappa shape index (κ2) is 6.27. The topological polar surface area (TPSA) is 31.4 Å². The first-order valence-corrected chi connectivity index (χ1v) is 7.05. The van der Waals surface area contributed by atoms with Crippen LogP contribution < -0.4 is 9.47 Å². The number of aromatic nitrogens is 1. The molecule has 106 valence electrons. The lowest BCUT2D eigenvalue weighted by atomic mass is 10.1. The van der Waals surface area contributed by atoms with Gasteiger partial charge in [0.2, 0.25) is 0 Å². The Balaban J connectivity index is 1.84. The molecule has 1 aromatic heterocycles. The molecule has 0 aliphatic rings. The van der Waals surface area contributed by atoms with Crippen LogP contribution in [-0.4, -0.2) is 11.6 Å². The monoisotopic (exact) mass is 279 g/mol. The predicted molar refractivity (Wildman–Crippen MR) is 83.7 cm³/mol. The molecule has 0 fully saturated rings. The van der Waals surface area contributed by atoms with Crippen molar-refractivity contribution in [2.24, 2.45) is 0 Å². The molecule has 0 amide bonds. The van der Waals surface area contributed by atoms with E-state index in [9.17, 15) is 0 Å². The van der Waals surface area contributed by atoms with E-state index in [1.165, 1.54) is 0 Å². The minimum atomic E-state index is 0.471. The molecular weight excluding hydrogens is 262 g/mol. The van der Waals surface area contributed by atoms with Gasteiger partial charge in [0.1, 0.15) is 6.61 Å². The SMILES string of the molecule is CCOc1ccccc1OCc1cccc2cccnc12. The van der Waals surface area contributed by atoms with E-state index in [1.807, 2.05) is 49.4 Å². The third-order valence-electron chi connectivity index (χ3n) is 3.25. The van der Waals surface area contributed by atoms with Crippen molar-refractivity contribution in [3.8, 4) is 11.5 Å². The van der Waals surface area contributed by atoms with E-state index in [0.29, 0.717) is 13.2 Å². The molecule has 2 aromatic carbocycles. The summed E-state index contributed by atoms with van der Waals surface area (Å²) < 4.78 is 11.5. The summed E-state index contributed by atoms with van der Waals surface area (Å²) in [5, 5.41) is 1.12. The van der Waals surface area contributed by atoms with E-state index in [0.717, 1.165) is 28.0 Å². The number of nitrogens with zero attached hydrogens (tertiary/aromatic N) is 1. The van der Waals surface area contributed by atoms with Crippen molar-refractivity contribution in [3.63, 3.8) is 0 Å². The number of hydrogen-bond acceptors (Lipinski definition) is 3. The van der Waals surface area contributed by atoms with Crippen molar-refractivity contribution < 1.29 is 9.47 Å². The van der Waals surface area contributed by atoms with E-state index in [4.69, 9.17) is 9.47 Å². The van der Waals surface area contributed by atoms with E-state index in [-0.39, 0.29) is 0 Å². The second-order valence-electron chi connectivity index (χ2n) is 4.66. The molecule has 0 unspecified atom stereocenters. The number of benzene rings is 2. The molecule has 0 saturated carbocycles. The molecule has 0 atom stereocenters. The zero-order valence-electron chi connectivity index (χ0n) is 12.0. The van der Waals surface area contributed by atoms with Crippen LogP contribution in [0.2, 0.25) is 0 Å². The van der Waals surface area contributed by atoms with Crippen LogP contribution in [0.5, 0.6) is 11.5 Å². The predicted octanol–water partition coefficient (Wildman–Crippen LogP) is 4.21. The molecule has 1 heterocycles. The lowest BCUT2D eigenvalue weighted by molar-refractivity contribution is 0.270. The van der Waals surface area contributed by atoms with Crippen molar-refractivity contribution >= 4 is 10.9 Å². The number of ether oxygens (including phenoxy) is 2. The molecule has 0 aliphatic carbocycles. The van der Waals surface area contributed by atoms with E-state index >= 15 is 0 Å². The highest BCUT2D eigenvalue weighted by atomic mass is 16.5. The van der Waals surface area contributed by atoms with E-state index in [2.05, 4.69) is 17.1 Å². The van der Waals surface area contributed by atoms with Crippen LogP contribution in [0.15, 0.2) is 60.8 Å². The van der Waals surface area contributed by atoms with E-state index in [1.54, 1.807) is 6.20 Å². The van der Waals surface area contributed by atoms with Crippen molar-refractivity contribution in [2.45, 2.75) is 13.5 Å². The summed E-state index contributed by atoms with van der Waals surface area (Å²) in [4.78, 5) is 4.44. The Morgan fingerprint density at radius 2 is 1.62 bits per heavy atom. The average molecular weight is 279 g/mol. The van der Waals surface area contributed by atoms with Crippen molar-refractivity contribution in [2.75, 3.05) is 6.61 Å². The maximum absolute atomic E-state index is 5.92. The normalized spacial score (nSPS) is 10.5. The Morgan fingerprint density at radius 1 is 0.857 bits per heavy atom. The Labute approximate surface area is 124 Å². The fourth-order valence-electron chi connectivity index (χ4n) is 2.28. The number of pyridine rings is 1. The first-order valence-electron chi connectivity index (χ1n) is 7.05. The second-order valence-corrected chi connectivity index (χ2v) is 4.66. The molecule has 0 N–H and O–H groups in total. The number of para-hydroxylation sites is 3. The summed E-state index contributed by atoms with van der Waals surface area (Å²) >= 11 is 0. The molecule has 3 nitrogen and oxygen atoms in total. The van der Waals surface area contributed by atoms with Gasteiger partial charge >= 0.3 is 0 Å². The van der Waals surface area contributed by atoms with Gasteiger partial charge in [-0.15, -0.1) is 0 Å². The van der Waals surface area contributed by atoms with Gasteiger partial charge in [0.25, 0.3) is 0 Å². The van der Waals surface area contributed by atoms with Crippen LogP contribution in [0.3, 0.4) is 0 Å². The summed E-state index contributed by atoms with van der Waals surface area (Å²) in [5.41, 5.74) is 2.05. The Hall–Kier alpha value is -2.55. The average Bonchev–Trinajstić information content (AvgIpc) is 2.54. The largest absolute Gasteiger partial charge is 0.490 e. The third-order valence-corrected chi connectivity index (χ3v) is 3.25. The highest BCUT2D eigenvalue weighted by Crippen LogP contribution is 2.28. The van der Waals surface area contributed by atoms with Crippen molar-refractivity contribution in [3.05, 3.63) is 66.4 Å². The Bertz CT molecular complexity index is 735.